The van der Waals surface area contributed by atoms with Crippen LogP contribution in [0.5, 0.6) is 0 Å². The number of hydrogen-bond acceptors (Lipinski definition) is 4. The van der Waals surface area contributed by atoms with E-state index in [1.165, 1.54) is 18.2 Å². The van der Waals surface area contributed by atoms with Crippen LogP contribution in [-0.4, -0.2) is 45.5 Å². The molecule has 8 heteroatoms. The summed E-state index contributed by atoms with van der Waals surface area (Å²) in [5.41, 5.74) is -0.597. The zero-order chi connectivity index (χ0) is 19.0. The Morgan fingerprint density at radius 3 is 2.85 bits per heavy atom. The number of hydrogen-bond donors (Lipinski definition) is 0. The normalized spacial score (nSPS) is 21.5. The third-order valence-corrected chi connectivity index (χ3v) is 5.70. The number of carbonyl (C=O) groups excluding carboxylic acids is 2. The number of piperidine rings is 1. The zero-order valence-electron chi connectivity index (χ0n) is 14.6. The molecule has 27 heavy (non-hydrogen) atoms. The van der Waals surface area contributed by atoms with Gasteiger partial charge < -0.3 is 14.2 Å². The molecule has 2 aromatic rings. The fourth-order valence-corrected chi connectivity index (χ4v) is 4.12. The first-order chi connectivity index (χ1) is 13.0. The van der Waals surface area contributed by atoms with Crippen LogP contribution in [0.2, 0.25) is 5.02 Å². The summed E-state index contributed by atoms with van der Waals surface area (Å²) in [4.78, 5) is 30.7. The molecular formula is C19H19ClFN3O3. The Kier molecular flexibility index (Phi) is 4.63. The number of cyclic esters (lactones) is 1. The average Bonchev–Trinajstić information content (AvgIpc) is 3.26. The zero-order valence-corrected chi connectivity index (χ0v) is 15.4. The first-order valence-corrected chi connectivity index (χ1v) is 9.26. The summed E-state index contributed by atoms with van der Waals surface area (Å²) >= 11 is 5.89. The number of ether oxygens (including phenoxy) is 1. The van der Waals surface area contributed by atoms with Crippen LogP contribution in [0.3, 0.4) is 0 Å². The number of imidazole rings is 1. The van der Waals surface area contributed by atoms with Gasteiger partial charge in [0, 0.05) is 36.9 Å². The van der Waals surface area contributed by atoms with E-state index in [1.54, 1.807) is 17.4 Å². The van der Waals surface area contributed by atoms with Gasteiger partial charge in [-0.05, 0) is 31.0 Å². The number of esters is 1. The molecule has 3 heterocycles. The third-order valence-electron chi connectivity index (χ3n) is 5.47. The van der Waals surface area contributed by atoms with Crippen molar-refractivity contribution in [2.75, 3.05) is 13.1 Å². The largest absolute Gasteiger partial charge is 0.460 e. The van der Waals surface area contributed by atoms with Gasteiger partial charge in [-0.2, -0.15) is 0 Å². The van der Waals surface area contributed by atoms with Crippen LogP contribution in [-0.2, 0) is 16.1 Å². The number of nitrogens with zero attached hydrogens (tertiary/aromatic N) is 3. The molecule has 1 atom stereocenters. The van der Waals surface area contributed by atoms with Crippen molar-refractivity contribution in [1.82, 2.24) is 14.5 Å². The smallest absolute Gasteiger partial charge is 0.312 e. The van der Waals surface area contributed by atoms with Crippen LogP contribution in [0.1, 0.15) is 29.6 Å². The molecule has 1 unspecified atom stereocenters. The molecule has 2 aliphatic heterocycles. The van der Waals surface area contributed by atoms with E-state index in [-0.39, 0.29) is 17.6 Å². The molecule has 0 bridgehead atoms. The van der Waals surface area contributed by atoms with E-state index < -0.39 is 17.1 Å². The predicted molar refractivity (Wildman–Crippen MR) is 95.7 cm³/mol. The Balaban J connectivity index is 1.41. The minimum atomic E-state index is -0.592. The molecule has 1 aromatic carbocycles. The molecular weight excluding hydrogens is 373 g/mol. The number of carbonyl (C=O) groups is 2. The van der Waals surface area contributed by atoms with E-state index in [0.717, 1.165) is 0 Å². The van der Waals surface area contributed by atoms with Crippen LogP contribution in [0.25, 0.3) is 0 Å². The molecule has 4 rings (SSSR count). The van der Waals surface area contributed by atoms with Crippen molar-refractivity contribution < 1.29 is 18.7 Å². The highest BCUT2D eigenvalue weighted by atomic mass is 35.5. The lowest BCUT2D eigenvalue weighted by Crippen LogP contribution is -2.45. The van der Waals surface area contributed by atoms with E-state index in [9.17, 15) is 14.0 Å². The van der Waals surface area contributed by atoms with Gasteiger partial charge >= 0.3 is 5.97 Å². The molecule has 2 aliphatic rings. The fourth-order valence-electron chi connectivity index (χ4n) is 3.95. The predicted octanol–water partition coefficient (Wildman–Crippen LogP) is 2.91. The standard InChI is InChI=1S/C19H19ClFN3O3/c20-13-1-2-16(21)15(9-13)17(25)24-6-3-19(4-7-24)10-14(27-18(19)26)11-23-8-5-22-12-23/h1-2,5,8-9,12,14H,3-4,6-7,10-11H2. The van der Waals surface area contributed by atoms with Crippen molar-refractivity contribution in [3.8, 4) is 0 Å². The number of halogens is 2. The highest BCUT2D eigenvalue weighted by molar-refractivity contribution is 6.31. The van der Waals surface area contributed by atoms with E-state index >= 15 is 0 Å². The Bertz CT molecular complexity index is 863. The quantitative estimate of drug-likeness (QED) is 0.755. The SMILES string of the molecule is O=C(c1cc(Cl)ccc1F)N1CCC2(CC1)CC(Cn1ccnc1)OC2=O. The maximum Gasteiger partial charge on any atom is 0.312 e. The number of benzene rings is 1. The van der Waals surface area contributed by atoms with Crippen molar-refractivity contribution >= 4 is 23.5 Å². The molecule has 142 valence electrons. The Morgan fingerprint density at radius 2 is 2.15 bits per heavy atom. The Morgan fingerprint density at radius 1 is 1.37 bits per heavy atom. The molecule has 0 radical (unpaired) electrons. The van der Waals surface area contributed by atoms with E-state index in [4.69, 9.17) is 16.3 Å². The molecule has 2 saturated heterocycles. The third kappa shape index (κ3) is 3.43. The van der Waals surface area contributed by atoms with Gasteiger partial charge in [-0.3, -0.25) is 9.59 Å². The molecule has 0 aliphatic carbocycles. The topological polar surface area (TPSA) is 64.4 Å². The molecule has 6 nitrogen and oxygen atoms in total. The van der Waals surface area contributed by atoms with Gasteiger partial charge in [-0.15, -0.1) is 0 Å². The summed E-state index contributed by atoms with van der Waals surface area (Å²) in [5.74, 6) is -1.19. The minimum Gasteiger partial charge on any atom is -0.460 e. The number of rotatable bonds is 3. The molecule has 2 fully saturated rings. The lowest BCUT2D eigenvalue weighted by molar-refractivity contribution is -0.150. The van der Waals surface area contributed by atoms with Gasteiger partial charge in [0.15, 0.2) is 0 Å². The molecule has 1 spiro atoms. The Labute approximate surface area is 160 Å². The first-order valence-electron chi connectivity index (χ1n) is 8.88. The number of aromatic nitrogens is 2. The van der Waals surface area contributed by atoms with Gasteiger partial charge in [-0.25, -0.2) is 9.37 Å². The number of amides is 1. The maximum absolute atomic E-state index is 14.0. The van der Waals surface area contributed by atoms with Crippen molar-refractivity contribution in [2.24, 2.45) is 5.41 Å². The monoisotopic (exact) mass is 391 g/mol. The summed E-state index contributed by atoms with van der Waals surface area (Å²) < 4.78 is 21.4. The molecule has 0 saturated carbocycles. The first kappa shape index (κ1) is 18.0. The number of likely N-dealkylation sites (tertiary alicyclic amines) is 1. The Hall–Kier alpha value is -2.41. The highest BCUT2D eigenvalue weighted by Gasteiger charge is 2.50. The van der Waals surface area contributed by atoms with Gasteiger partial charge in [0.25, 0.3) is 5.91 Å². The van der Waals surface area contributed by atoms with Gasteiger partial charge in [-0.1, -0.05) is 11.6 Å². The lowest BCUT2D eigenvalue weighted by atomic mass is 9.76. The van der Waals surface area contributed by atoms with E-state index in [2.05, 4.69) is 4.98 Å². The van der Waals surface area contributed by atoms with E-state index in [0.29, 0.717) is 43.9 Å². The summed E-state index contributed by atoms with van der Waals surface area (Å²) in [6.07, 6.45) is 6.67. The van der Waals surface area contributed by atoms with Gasteiger partial charge in [0.2, 0.25) is 0 Å². The second kappa shape index (κ2) is 6.96. The van der Waals surface area contributed by atoms with Crippen molar-refractivity contribution in [3.05, 3.63) is 53.3 Å². The molecule has 1 amide bonds. The molecule has 0 N–H and O–H groups in total. The van der Waals surface area contributed by atoms with Crippen molar-refractivity contribution in [1.29, 1.82) is 0 Å². The summed E-state index contributed by atoms with van der Waals surface area (Å²) in [7, 11) is 0. The average molecular weight is 392 g/mol. The van der Waals surface area contributed by atoms with Crippen LogP contribution in [0.15, 0.2) is 36.9 Å². The van der Waals surface area contributed by atoms with Crippen molar-refractivity contribution in [2.45, 2.75) is 31.9 Å². The summed E-state index contributed by atoms with van der Waals surface area (Å²) in [6.45, 7) is 1.35. The summed E-state index contributed by atoms with van der Waals surface area (Å²) in [6, 6.07) is 3.94. The lowest BCUT2D eigenvalue weighted by Gasteiger charge is -2.36. The maximum atomic E-state index is 14.0. The van der Waals surface area contributed by atoms with Crippen LogP contribution >= 0.6 is 11.6 Å². The van der Waals surface area contributed by atoms with E-state index in [1.807, 2.05) is 10.8 Å². The van der Waals surface area contributed by atoms with Crippen molar-refractivity contribution in [3.63, 3.8) is 0 Å². The summed E-state index contributed by atoms with van der Waals surface area (Å²) in [5, 5.41) is 0.315. The second-order valence-electron chi connectivity index (χ2n) is 7.19. The highest BCUT2D eigenvalue weighted by Crippen LogP contribution is 2.43. The van der Waals surface area contributed by atoms with Crippen LogP contribution in [0.4, 0.5) is 4.39 Å². The second-order valence-corrected chi connectivity index (χ2v) is 7.62. The fraction of sp³-hybridized carbons (Fsp3) is 0.421. The van der Waals surface area contributed by atoms with Gasteiger partial charge in [0.1, 0.15) is 11.9 Å². The van der Waals surface area contributed by atoms with Gasteiger partial charge in [0.05, 0.1) is 23.9 Å². The van der Waals surface area contributed by atoms with Crippen LogP contribution < -0.4 is 0 Å². The van der Waals surface area contributed by atoms with Crippen LogP contribution in [0, 0.1) is 11.2 Å². The molecule has 1 aromatic heterocycles. The minimum absolute atomic E-state index is 0.0366.